The molecular weight excluding hydrogens is 233 g/mol. The number of rotatable bonds is 1. The first-order chi connectivity index (χ1) is 5.38. The van der Waals surface area contributed by atoms with Crippen LogP contribution in [0, 0.1) is 0 Å². The van der Waals surface area contributed by atoms with E-state index in [0.29, 0.717) is 0 Å². The van der Waals surface area contributed by atoms with Crippen molar-refractivity contribution >= 4 is 11.9 Å². The molecule has 0 aliphatic heterocycles. The van der Waals surface area contributed by atoms with Crippen molar-refractivity contribution < 1.29 is 49.5 Å². The number of carbonyl (C=O) groups excluding carboxylic acids is 2. The number of hydrogen-bond donors (Lipinski definition) is 2. The Kier molecular flexibility index (Phi) is 39.7. The first-order valence-electron chi connectivity index (χ1n) is 2.95. The van der Waals surface area contributed by atoms with E-state index in [9.17, 15) is 0 Å². The maximum absolute atomic E-state index is 8.89. The normalized spacial score (nSPS) is 6.15. The Bertz CT molecular complexity index is 93.7. The standard InChI is InChI=1S/2C2H4O2.C2H6O2.Zn/c2*1-2(3)4;3-1-2-4;/h2*1H3,(H,3,4);3-4H,1-2H2;/q;;;+2/p-2. The van der Waals surface area contributed by atoms with Gasteiger partial charge in [-0.15, -0.1) is 0 Å². The van der Waals surface area contributed by atoms with Gasteiger partial charge in [-0.2, -0.15) is 0 Å². The van der Waals surface area contributed by atoms with E-state index in [1.54, 1.807) is 0 Å². The van der Waals surface area contributed by atoms with Crippen LogP contribution < -0.4 is 10.2 Å². The van der Waals surface area contributed by atoms with Gasteiger partial charge in [0.1, 0.15) is 0 Å². The zero-order chi connectivity index (χ0) is 10.6. The van der Waals surface area contributed by atoms with E-state index in [1.807, 2.05) is 0 Å². The van der Waals surface area contributed by atoms with Crippen LogP contribution in [0.4, 0.5) is 0 Å². The summed E-state index contributed by atoms with van der Waals surface area (Å²) in [4.78, 5) is 17.8. The number of carbonyl (C=O) groups is 2. The van der Waals surface area contributed by atoms with Crippen molar-refractivity contribution in [2.45, 2.75) is 13.8 Å². The van der Waals surface area contributed by atoms with Gasteiger partial charge in [-0.3, -0.25) is 0 Å². The van der Waals surface area contributed by atoms with Gasteiger partial charge >= 0.3 is 19.5 Å². The van der Waals surface area contributed by atoms with E-state index in [0.717, 1.165) is 13.8 Å². The van der Waals surface area contributed by atoms with E-state index in [2.05, 4.69) is 0 Å². The van der Waals surface area contributed by atoms with Gasteiger partial charge in [0.25, 0.3) is 0 Å². The number of hydrogen-bond acceptors (Lipinski definition) is 6. The number of aliphatic carboxylic acids is 2. The Morgan fingerprint density at radius 3 is 1.08 bits per heavy atom. The van der Waals surface area contributed by atoms with Crippen molar-refractivity contribution in [3.8, 4) is 0 Å². The molecule has 13 heavy (non-hydrogen) atoms. The second kappa shape index (κ2) is 22.5. The number of carboxylic acids is 2. The van der Waals surface area contributed by atoms with Gasteiger partial charge in [-0.25, -0.2) is 0 Å². The summed E-state index contributed by atoms with van der Waals surface area (Å²) < 4.78 is 0. The smallest absolute Gasteiger partial charge is 0.550 e. The average molecular weight is 246 g/mol. The topological polar surface area (TPSA) is 121 Å². The molecular formula is C6H12O6Zn. The SMILES string of the molecule is CC(=O)[O-].CC(=O)[O-].OCCO.[Zn+2]. The molecule has 0 aromatic carbocycles. The van der Waals surface area contributed by atoms with Gasteiger partial charge in [0.05, 0.1) is 13.2 Å². The molecule has 0 heterocycles. The van der Waals surface area contributed by atoms with Gasteiger partial charge in [0.2, 0.25) is 0 Å². The van der Waals surface area contributed by atoms with Crippen molar-refractivity contribution in [2.24, 2.45) is 0 Å². The Labute approximate surface area is 89.0 Å². The summed E-state index contributed by atoms with van der Waals surface area (Å²) in [7, 11) is 0. The summed E-state index contributed by atoms with van der Waals surface area (Å²) in [5, 5.41) is 33.0. The molecule has 74 valence electrons. The molecule has 0 aliphatic carbocycles. The number of aliphatic hydroxyl groups is 2. The van der Waals surface area contributed by atoms with E-state index < -0.39 is 11.9 Å². The van der Waals surface area contributed by atoms with Crippen molar-refractivity contribution in [1.29, 1.82) is 0 Å². The van der Waals surface area contributed by atoms with Crippen LogP contribution in [0.2, 0.25) is 0 Å². The van der Waals surface area contributed by atoms with Crippen LogP contribution in [0.15, 0.2) is 0 Å². The van der Waals surface area contributed by atoms with E-state index in [-0.39, 0.29) is 32.7 Å². The number of aliphatic hydroxyl groups excluding tert-OH is 2. The Morgan fingerprint density at radius 1 is 1.00 bits per heavy atom. The van der Waals surface area contributed by atoms with Crippen LogP contribution in [-0.2, 0) is 29.1 Å². The van der Waals surface area contributed by atoms with Crippen molar-refractivity contribution in [1.82, 2.24) is 0 Å². The van der Waals surface area contributed by atoms with Crippen molar-refractivity contribution in [3.05, 3.63) is 0 Å². The summed E-state index contributed by atoms with van der Waals surface area (Å²) in [6, 6.07) is 0. The molecule has 0 amide bonds. The molecule has 0 spiro atoms. The minimum Gasteiger partial charge on any atom is -0.550 e. The Morgan fingerprint density at radius 2 is 1.08 bits per heavy atom. The monoisotopic (exact) mass is 244 g/mol. The molecule has 2 N–H and O–H groups in total. The largest absolute Gasteiger partial charge is 2.00 e. The maximum atomic E-state index is 8.89. The fraction of sp³-hybridized carbons (Fsp3) is 0.667. The second-order valence-corrected chi connectivity index (χ2v) is 1.43. The molecule has 0 atom stereocenters. The summed E-state index contributed by atoms with van der Waals surface area (Å²) in [6.07, 6.45) is 0. The predicted octanol–water partition coefficient (Wildman–Crippen LogP) is -3.52. The number of carboxylic acid groups (broad SMARTS) is 2. The fourth-order valence-corrected chi connectivity index (χ4v) is 0. The van der Waals surface area contributed by atoms with Gasteiger partial charge in [0.15, 0.2) is 0 Å². The molecule has 0 saturated carbocycles. The third kappa shape index (κ3) is 4420. The first-order valence-corrected chi connectivity index (χ1v) is 2.95. The molecule has 0 radical (unpaired) electrons. The van der Waals surface area contributed by atoms with E-state index >= 15 is 0 Å². The zero-order valence-electron chi connectivity index (χ0n) is 7.65. The molecule has 0 aliphatic rings. The van der Waals surface area contributed by atoms with Crippen LogP contribution in [0.25, 0.3) is 0 Å². The quantitative estimate of drug-likeness (QED) is 0.462. The van der Waals surface area contributed by atoms with Crippen LogP contribution >= 0.6 is 0 Å². The van der Waals surface area contributed by atoms with Crippen LogP contribution in [0.1, 0.15) is 13.8 Å². The molecule has 0 unspecified atom stereocenters. The molecule has 0 rings (SSSR count). The van der Waals surface area contributed by atoms with Crippen LogP contribution in [0.3, 0.4) is 0 Å². The first kappa shape index (κ1) is 22.9. The third-order valence-corrected chi connectivity index (χ3v) is 0.1000. The van der Waals surface area contributed by atoms with E-state index in [4.69, 9.17) is 30.0 Å². The van der Waals surface area contributed by atoms with Crippen molar-refractivity contribution in [3.63, 3.8) is 0 Å². The minimum atomic E-state index is -1.08. The third-order valence-electron chi connectivity index (χ3n) is 0.1000. The Balaban J connectivity index is -0.0000000450. The predicted molar refractivity (Wildman–Crippen MR) is 35.5 cm³/mol. The maximum Gasteiger partial charge on any atom is 2.00 e. The minimum absolute atomic E-state index is 0. The fourth-order valence-electron chi connectivity index (χ4n) is 0. The molecule has 0 saturated heterocycles. The van der Waals surface area contributed by atoms with Crippen molar-refractivity contribution in [2.75, 3.05) is 13.2 Å². The second-order valence-electron chi connectivity index (χ2n) is 1.43. The molecule has 0 bridgehead atoms. The summed E-state index contributed by atoms with van der Waals surface area (Å²) >= 11 is 0. The molecule has 0 aromatic rings. The molecule has 7 heteroatoms. The molecule has 6 nitrogen and oxygen atoms in total. The van der Waals surface area contributed by atoms with E-state index in [1.165, 1.54) is 0 Å². The summed E-state index contributed by atoms with van der Waals surface area (Å²) in [5.74, 6) is -2.17. The molecule has 0 aromatic heterocycles. The molecule has 0 fully saturated rings. The van der Waals surface area contributed by atoms with Gasteiger partial charge in [-0.1, -0.05) is 0 Å². The average Bonchev–Trinajstić information content (AvgIpc) is 1.85. The van der Waals surface area contributed by atoms with Gasteiger partial charge in [0, 0.05) is 11.9 Å². The van der Waals surface area contributed by atoms with Crippen LogP contribution in [-0.4, -0.2) is 35.4 Å². The van der Waals surface area contributed by atoms with Gasteiger partial charge in [-0.05, 0) is 13.8 Å². The summed E-state index contributed by atoms with van der Waals surface area (Å²) in [5.41, 5.74) is 0. The zero-order valence-corrected chi connectivity index (χ0v) is 10.6. The Hall–Kier alpha value is -0.517. The summed E-state index contributed by atoms with van der Waals surface area (Å²) in [6.45, 7) is 1.69. The van der Waals surface area contributed by atoms with Crippen LogP contribution in [0.5, 0.6) is 0 Å². The van der Waals surface area contributed by atoms with Gasteiger partial charge < -0.3 is 30.0 Å².